The number of ether oxygens (including phenoxy) is 5. The van der Waals surface area contributed by atoms with Gasteiger partial charge in [-0.2, -0.15) is 0 Å². The van der Waals surface area contributed by atoms with Gasteiger partial charge in [-0.25, -0.2) is 0 Å². The van der Waals surface area contributed by atoms with Crippen molar-refractivity contribution in [3.63, 3.8) is 0 Å². The van der Waals surface area contributed by atoms with E-state index in [2.05, 4.69) is 5.43 Å². The van der Waals surface area contributed by atoms with E-state index in [4.69, 9.17) is 23.7 Å². The normalized spacial score (nSPS) is 13.7. The number of rotatable bonds is 11. The lowest BCUT2D eigenvalue weighted by molar-refractivity contribution is -0.204. The summed E-state index contributed by atoms with van der Waals surface area (Å²) in [4.78, 5) is 82.0. The van der Waals surface area contributed by atoms with Crippen LogP contribution in [0.5, 0.6) is 0 Å². The first-order valence-corrected chi connectivity index (χ1v) is 10.0. The summed E-state index contributed by atoms with van der Waals surface area (Å²) in [6.07, 6.45) is -6.35. The van der Waals surface area contributed by atoms with Crippen LogP contribution < -0.4 is 5.43 Å². The summed E-state index contributed by atoms with van der Waals surface area (Å²) in [5.74, 6) is -5.62. The van der Waals surface area contributed by atoms with Crippen LogP contribution in [0.3, 0.4) is 0 Å². The molecular formula is C20H30N2O12. The molecule has 0 aliphatic heterocycles. The quantitative estimate of drug-likeness (QED) is 0.216. The summed E-state index contributed by atoms with van der Waals surface area (Å²) in [5.41, 5.74) is 2.22. The van der Waals surface area contributed by atoms with Crippen molar-refractivity contribution in [2.45, 2.75) is 72.9 Å². The standard InChI is InChI=1S/C20H30N2O12/c1-10(23)21-22(11(2)24)8-17(31-13(4)26)19(33-15(6)28)20(34-16(7)29)18(32-14(5)27)9-30-12(3)25/h17-20H,8-9H2,1-7H3,(H,21,23)/t17-,18+,19+,20-/m0/s1. The summed E-state index contributed by atoms with van der Waals surface area (Å²) in [5, 5.41) is 0.782. The van der Waals surface area contributed by atoms with Crippen molar-refractivity contribution in [1.82, 2.24) is 10.4 Å². The molecule has 0 bridgehead atoms. The largest absolute Gasteiger partial charge is 0.462 e. The molecule has 14 nitrogen and oxygen atoms in total. The third-order valence-electron chi connectivity index (χ3n) is 3.78. The molecule has 1 N–H and O–H groups in total. The number of carbonyl (C=O) groups excluding carboxylic acids is 7. The SMILES string of the molecule is CC(=O)NN(C[C@H](OC(C)=O)[C@@H](OC(C)=O)[C@@H](OC(C)=O)[C@@H](COC(C)=O)OC(C)=O)C(C)=O. The van der Waals surface area contributed by atoms with Crippen molar-refractivity contribution in [1.29, 1.82) is 0 Å². The fourth-order valence-electron chi connectivity index (χ4n) is 2.75. The smallest absolute Gasteiger partial charge is 0.303 e. The lowest BCUT2D eigenvalue weighted by Gasteiger charge is -2.36. The highest BCUT2D eigenvalue weighted by molar-refractivity contribution is 5.79. The van der Waals surface area contributed by atoms with Gasteiger partial charge in [0.05, 0.1) is 6.54 Å². The Morgan fingerprint density at radius 3 is 1.38 bits per heavy atom. The molecule has 4 atom stereocenters. The number of hydrogen-bond acceptors (Lipinski definition) is 12. The van der Waals surface area contributed by atoms with E-state index in [0.29, 0.717) is 0 Å². The molecule has 14 heteroatoms. The lowest BCUT2D eigenvalue weighted by atomic mass is 10.0. The summed E-state index contributed by atoms with van der Waals surface area (Å²) < 4.78 is 25.7. The predicted molar refractivity (Wildman–Crippen MR) is 110 cm³/mol. The number of hydrazine groups is 1. The van der Waals surface area contributed by atoms with Crippen molar-refractivity contribution in [3.05, 3.63) is 0 Å². The van der Waals surface area contributed by atoms with E-state index in [1.165, 1.54) is 0 Å². The Morgan fingerprint density at radius 2 is 1.03 bits per heavy atom. The van der Waals surface area contributed by atoms with Gasteiger partial charge in [-0.3, -0.25) is 44.0 Å². The molecule has 0 aliphatic carbocycles. The Bertz CT molecular complexity index is 796. The average Bonchev–Trinajstić information content (AvgIpc) is 2.65. The molecule has 2 amide bonds. The van der Waals surface area contributed by atoms with Gasteiger partial charge in [0.25, 0.3) is 0 Å². The molecule has 34 heavy (non-hydrogen) atoms. The number of amides is 2. The van der Waals surface area contributed by atoms with E-state index in [1.54, 1.807) is 0 Å². The van der Waals surface area contributed by atoms with E-state index in [9.17, 15) is 33.6 Å². The zero-order chi connectivity index (χ0) is 26.6. The van der Waals surface area contributed by atoms with Crippen LogP contribution in [0.15, 0.2) is 0 Å². The first-order valence-electron chi connectivity index (χ1n) is 10.0. The van der Waals surface area contributed by atoms with Crippen LogP contribution in [-0.2, 0) is 57.2 Å². The van der Waals surface area contributed by atoms with Crippen molar-refractivity contribution in [2.75, 3.05) is 13.2 Å². The molecule has 0 aliphatic rings. The fourth-order valence-corrected chi connectivity index (χ4v) is 2.75. The Morgan fingerprint density at radius 1 is 0.618 bits per heavy atom. The maximum Gasteiger partial charge on any atom is 0.303 e. The van der Waals surface area contributed by atoms with Gasteiger partial charge in [-0.15, -0.1) is 0 Å². The highest BCUT2D eigenvalue weighted by atomic mass is 16.6. The molecular weight excluding hydrogens is 460 g/mol. The fraction of sp³-hybridized carbons (Fsp3) is 0.650. The molecule has 0 rings (SSSR count). The van der Waals surface area contributed by atoms with Crippen LogP contribution >= 0.6 is 0 Å². The van der Waals surface area contributed by atoms with Crippen molar-refractivity contribution < 1.29 is 57.2 Å². The molecule has 0 saturated carbocycles. The van der Waals surface area contributed by atoms with E-state index < -0.39 is 79.2 Å². The Kier molecular flexibility index (Phi) is 12.9. The predicted octanol–water partition coefficient (Wildman–Crippen LogP) is -0.824. The van der Waals surface area contributed by atoms with E-state index in [0.717, 1.165) is 53.5 Å². The minimum absolute atomic E-state index is 0.551. The number of esters is 5. The molecule has 0 heterocycles. The first kappa shape index (κ1) is 30.3. The second kappa shape index (κ2) is 14.4. The maximum atomic E-state index is 12.0. The Balaban J connectivity index is 6.55. The van der Waals surface area contributed by atoms with Crippen LogP contribution in [0, 0.1) is 0 Å². The third kappa shape index (κ3) is 12.4. The number of nitrogens with zero attached hydrogens (tertiary/aromatic N) is 1. The molecule has 0 aromatic carbocycles. The van der Waals surface area contributed by atoms with Gasteiger partial charge in [0.15, 0.2) is 24.4 Å². The van der Waals surface area contributed by atoms with Crippen LogP contribution in [0.2, 0.25) is 0 Å². The number of nitrogens with one attached hydrogen (secondary N) is 1. The number of carbonyl (C=O) groups is 7. The van der Waals surface area contributed by atoms with Crippen molar-refractivity contribution in [3.8, 4) is 0 Å². The zero-order valence-corrected chi connectivity index (χ0v) is 20.1. The van der Waals surface area contributed by atoms with E-state index in [1.807, 2.05) is 0 Å². The second-order valence-corrected chi connectivity index (χ2v) is 7.04. The topological polar surface area (TPSA) is 181 Å². The molecule has 0 aromatic heterocycles. The Labute approximate surface area is 196 Å². The van der Waals surface area contributed by atoms with Crippen LogP contribution in [-0.4, -0.2) is 84.2 Å². The summed E-state index contributed by atoms with van der Waals surface area (Å²) in [6, 6.07) is 0. The second-order valence-electron chi connectivity index (χ2n) is 7.04. The molecule has 0 spiro atoms. The third-order valence-corrected chi connectivity index (χ3v) is 3.78. The summed E-state index contributed by atoms with van der Waals surface area (Å²) in [6.45, 7) is 6.22. The maximum absolute atomic E-state index is 12.0. The first-order chi connectivity index (χ1) is 15.6. The Hall–Kier alpha value is -3.71. The van der Waals surface area contributed by atoms with Gasteiger partial charge >= 0.3 is 29.8 Å². The van der Waals surface area contributed by atoms with Crippen molar-refractivity contribution >= 4 is 41.7 Å². The monoisotopic (exact) mass is 490 g/mol. The van der Waals surface area contributed by atoms with Gasteiger partial charge in [-0.1, -0.05) is 0 Å². The molecule has 192 valence electrons. The van der Waals surface area contributed by atoms with Gasteiger partial charge < -0.3 is 23.7 Å². The van der Waals surface area contributed by atoms with Crippen molar-refractivity contribution in [2.24, 2.45) is 0 Å². The minimum atomic E-state index is -1.67. The van der Waals surface area contributed by atoms with Gasteiger partial charge in [0.2, 0.25) is 11.8 Å². The highest BCUT2D eigenvalue weighted by Crippen LogP contribution is 2.21. The van der Waals surface area contributed by atoms with Gasteiger partial charge in [0.1, 0.15) is 6.61 Å². The zero-order valence-electron chi connectivity index (χ0n) is 20.1. The average molecular weight is 490 g/mol. The molecule has 0 unspecified atom stereocenters. The van der Waals surface area contributed by atoms with Gasteiger partial charge in [-0.05, 0) is 0 Å². The number of hydrogen-bond donors (Lipinski definition) is 1. The van der Waals surface area contributed by atoms with E-state index in [-0.39, 0.29) is 0 Å². The highest BCUT2D eigenvalue weighted by Gasteiger charge is 2.44. The summed E-state index contributed by atoms with van der Waals surface area (Å²) in [7, 11) is 0. The minimum Gasteiger partial charge on any atom is -0.462 e. The molecule has 0 saturated heterocycles. The molecule has 0 aromatic rings. The van der Waals surface area contributed by atoms with E-state index >= 15 is 0 Å². The van der Waals surface area contributed by atoms with Crippen LogP contribution in [0.1, 0.15) is 48.5 Å². The van der Waals surface area contributed by atoms with Crippen LogP contribution in [0.4, 0.5) is 0 Å². The summed E-state index contributed by atoms with van der Waals surface area (Å²) >= 11 is 0. The van der Waals surface area contributed by atoms with Gasteiger partial charge in [0, 0.05) is 48.5 Å². The lowest BCUT2D eigenvalue weighted by Crippen LogP contribution is -2.58. The molecule has 0 radical (unpaired) electrons. The molecule has 0 fully saturated rings. The van der Waals surface area contributed by atoms with Crippen LogP contribution in [0.25, 0.3) is 0 Å².